The van der Waals surface area contributed by atoms with Gasteiger partial charge < -0.3 is 9.73 Å². The monoisotopic (exact) mass is 153 g/mol. The van der Waals surface area contributed by atoms with E-state index in [4.69, 9.17) is 4.42 Å². The Morgan fingerprint density at radius 1 is 1.64 bits per heavy atom. The first-order valence-corrected chi connectivity index (χ1v) is 4.07. The molecule has 0 bridgehead atoms. The Morgan fingerprint density at radius 3 is 2.91 bits per heavy atom. The van der Waals surface area contributed by atoms with Gasteiger partial charge in [0.2, 0.25) is 0 Å². The molecule has 11 heavy (non-hydrogen) atoms. The summed E-state index contributed by atoms with van der Waals surface area (Å²) in [5, 5.41) is 3.25. The zero-order valence-corrected chi connectivity index (χ0v) is 7.13. The molecule has 1 aromatic heterocycles. The Bertz CT molecular complexity index is 181. The third kappa shape index (κ3) is 2.09. The lowest BCUT2D eigenvalue weighted by Gasteiger charge is -2.11. The molecule has 0 radical (unpaired) electrons. The Morgan fingerprint density at radius 2 is 2.45 bits per heavy atom. The fraction of sp³-hybridized carbons (Fsp3) is 0.556. The summed E-state index contributed by atoms with van der Waals surface area (Å²) in [7, 11) is 1.98. The summed E-state index contributed by atoms with van der Waals surface area (Å²) in [4.78, 5) is 0. The molecule has 0 aliphatic heterocycles. The number of hydrogen-bond acceptors (Lipinski definition) is 2. The predicted molar refractivity (Wildman–Crippen MR) is 45.4 cm³/mol. The molecule has 0 saturated heterocycles. The summed E-state index contributed by atoms with van der Waals surface area (Å²) < 4.78 is 5.00. The molecule has 0 spiro atoms. The number of hydrogen-bond donors (Lipinski definition) is 1. The predicted octanol–water partition coefficient (Wildman–Crippen LogP) is 2.34. The van der Waals surface area contributed by atoms with Gasteiger partial charge in [-0.3, -0.25) is 0 Å². The minimum absolute atomic E-state index is 0.457. The van der Waals surface area contributed by atoms with Gasteiger partial charge in [0.25, 0.3) is 0 Å². The van der Waals surface area contributed by atoms with Crippen molar-refractivity contribution < 1.29 is 4.42 Å². The molecule has 0 fully saturated rings. The van der Waals surface area contributed by atoms with Crippen LogP contribution in [-0.4, -0.2) is 7.05 Å². The molecule has 0 aliphatic carbocycles. The van der Waals surface area contributed by atoms with Crippen LogP contribution in [0.25, 0.3) is 0 Å². The van der Waals surface area contributed by atoms with E-state index in [0.717, 1.165) is 6.42 Å². The van der Waals surface area contributed by atoms with Gasteiger partial charge in [-0.25, -0.2) is 0 Å². The normalized spacial score (nSPS) is 13.3. The van der Waals surface area contributed by atoms with Gasteiger partial charge in [0.1, 0.15) is 0 Å². The van der Waals surface area contributed by atoms with Crippen molar-refractivity contribution in [3.8, 4) is 0 Å². The SMILES string of the molecule is CCCC(NC)c1ccoc1. The summed E-state index contributed by atoms with van der Waals surface area (Å²) >= 11 is 0. The summed E-state index contributed by atoms with van der Waals surface area (Å²) in [5.41, 5.74) is 1.24. The third-order valence-electron chi connectivity index (χ3n) is 1.87. The highest BCUT2D eigenvalue weighted by Crippen LogP contribution is 2.17. The van der Waals surface area contributed by atoms with Crippen molar-refractivity contribution in [2.24, 2.45) is 0 Å². The second kappa shape index (κ2) is 4.19. The van der Waals surface area contributed by atoms with Crippen molar-refractivity contribution in [1.29, 1.82) is 0 Å². The topological polar surface area (TPSA) is 25.2 Å². The maximum absolute atomic E-state index is 5.00. The standard InChI is InChI=1S/C9H15NO/c1-3-4-9(10-2)8-5-6-11-7-8/h5-7,9-10H,3-4H2,1-2H3. The Balaban J connectivity index is 2.56. The van der Waals surface area contributed by atoms with E-state index < -0.39 is 0 Å². The molecule has 0 amide bonds. The number of nitrogens with one attached hydrogen (secondary N) is 1. The zero-order valence-electron chi connectivity index (χ0n) is 7.13. The molecule has 62 valence electrons. The first kappa shape index (κ1) is 8.34. The van der Waals surface area contributed by atoms with Crippen molar-refractivity contribution in [2.45, 2.75) is 25.8 Å². The molecule has 0 aliphatic rings. The van der Waals surface area contributed by atoms with Gasteiger partial charge in [-0.05, 0) is 19.5 Å². The van der Waals surface area contributed by atoms with Crippen LogP contribution in [0.2, 0.25) is 0 Å². The Labute approximate surface area is 67.6 Å². The van der Waals surface area contributed by atoms with Gasteiger partial charge in [0.15, 0.2) is 0 Å². The van der Waals surface area contributed by atoms with Crippen molar-refractivity contribution in [1.82, 2.24) is 5.32 Å². The van der Waals surface area contributed by atoms with E-state index in [1.807, 2.05) is 13.1 Å². The molecular weight excluding hydrogens is 138 g/mol. The van der Waals surface area contributed by atoms with E-state index in [2.05, 4.69) is 12.2 Å². The second-order valence-electron chi connectivity index (χ2n) is 2.69. The van der Waals surface area contributed by atoms with E-state index in [1.165, 1.54) is 12.0 Å². The maximum atomic E-state index is 5.00. The van der Waals surface area contributed by atoms with Crippen molar-refractivity contribution in [3.05, 3.63) is 24.2 Å². The van der Waals surface area contributed by atoms with Crippen LogP contribution in [0, 0.1) is 0 Å². The third-order valence-corrected chi connectivity index (χ3v) is 1.87. The van der Waals surface area contributed by atoms with Crippen LogP contribution in [0.3, 0.4) is 0 Å². The molecule has 1 heterocycles. The fourth-order valence-corrected chi connectivity index (χ4v) is 1.24. The highest BCUT2D eigenvalue weighted by Gasteiger charge is 2.07. The van der Waals surface area contributed by atoms with E-state index in [-0.39, 0.29) is 0 Å². The average Bonchev–Trinajstić information content (AvgIpc) is 2.52. The maximum Gasteiger partial charge on any atom is 0.0950 e. The van der Waals surface area contributed by atoms with Crippen LogP contribution in [0.5, 0.6) is 0 Å². The van der Waals surface area contributed by atoms with Crippen LogP contribution < -0.4 is 5.32 Å². The zero-order chi connectivity index (χ0) is 8.10. The van der Waals surface area contributed by atoms with E-state index in [1.54, 1.807) is 12.5 Å². The molecule has 1 rings (SSSR count). The van der Waals surface area contributed by atoms with Gasteiger partial charge in [-0.2, -0.15) is 0 Å². The van der Waals surface area contributed by atoms with Crippen LogP contribution in [0.4, 0.5) is 0 Å². The van der Waals surface area contributed by atoms with Crippen LogP contribution in [-0.2, 0) is 0 Å². The molecule has 2 nitrogen and oxygen atoms in total. The smallest absolute Gasteiger partial charge is 0.0950 e. The average molecular weight is 153 g/mol. The van der Waals surface area contributed by atoms with E-state index >= 15 is 0 Å². The Kier molecular flexibility index (Phi) is 3.17. The second-order valence-corrected chi connectivity index (χ2v) is 2.69. The Hall–Kier alpha value is -0.760. The molecule has 0 aromatic carbocycles. The fourth-order valence-electron chi connectivity index (χ4n) is 1.24. The van der Waals surface area contributed by atoms with Crippen LogP contribution in [0.15, 0.2) is 23.0 Å². The van der Waals surface area contributed by atoms with E-state index in [9.17, 15) is 0 Å². The highest BCUT2D eigenvalue weighted by molar-refractivity contribution is 5.10. The number of furan rings is 1. The lowest BCUT2D eigenvalue weighted by Crippen LogP contribution is -2.14. The first-order valence-electron chi connectivity index (χ1n) is 4.07. The van der Waals surface area contributed by atoms with Crippen molar-refractivity contribution in [3.63, 3.8) is 0 Å². The quantitative estimate of drug-likeness (QED) is 0.718. The van der Waals surface area contributed by atoms with Crippen molar-refractivity contribution in [2.75, 3.05) is 7.05 Å². The summed E-state index contributed by atoms with van der Waals surface area (Å²) in [6.07, 6.45) is 5.87. The van der Waals surface area contributed by atoms with E-state index in [0.29, 0.717) is 6.04 Å². The lowest BCUT2D eigenvalue weighted by atomic mass is 10.1. The van der Waals surface area contributed by atoms with Gasteiger partial charge >= 0.3 is 0 Å². The lowest BCUT2D eigenvalue weighted by molar-refractivity contribution is 0.519. The molecule has 1 N–H and O–H groups in total. The minimum Gasteiger partial charge on any atom is -0.472 e. The molecule has 1 aromatic rings. The van der Waals surface area contributed by atoms with Gasteiger partial charge in [-0.15, -0.1) is 0 Å². The molecule has 0 saturated carbocycles. The van der Waals surface area contributed by atoms with Crippen LogP contribution in [0.1, 0.15) is 31.4 Å². The largest absolute Gasteiger partial charge is 0.472 e. The summed E-state index contributed by atoms with van der Waals surface area (Å²) in [6.45, 7) is 2.18. The minimum atomic E-state index is 0.457. The molecule has 1 unspecified atom stereocenters. The highest BCUT2D eigenvalue weighted by atomic mass is 16.3. The molecular formula is C9H15NO. The van der Waals surface area contributed by atoms with Crippen LogP contribution >= 0.6 is 0 Å². The molecule has 1 atom stereocenters. The molecule has 2 heteroatoms. The van der Waals surface area contributed by atoms with Gasteiger partial charge in [-0.1, -0.05) is 13.3 Å². The van der Waals surface area contributed by atoms with Crippen molar-refractivity contribution >= 4 is 0 Å². The van der Waals surface area contributed by atoms with Gasteiger partial charge in [0, 0.05) is 11.6 Å². The summed E-state index contributed by atoms with van der Waals surface area (Å²) in [5.74, 6) is 0. The first-order chi connectivity index (χ1) is 5.38. The van der Waals surface area contributed by atoms with Gasteiger partial charge in [0.05, 0.1) is 12.5 Å². The summed E-state index contributed by atoms with van der Waals surface area (Å²) in [6, 6.07) is 2.47. The number of rotatable bonds is 4.